The Labute approximate surface area is 95.5 Å². The zero-order valence-corrected chi connectivity index (χ0v) is 10.1. The van der Waals surface area contributed by atoms with Crippen molar-refractivity contribution in [3.63, 3.8) is 0 Å². The summed E-state index contributed by atoms with van der Waals surface area (Å²) in [5.41, 5.74) is -0.444. The molecule has 0 saturated heterocycles. The molecule has 1 rings (SSSR count). The molecule has 14 heavy (non-hydrogen) atoms. The molecule has 0 bridgehead atoms. The Hall–Kier alpha value is -0.490. The molecule has 0 N–H and O–H groups in total. The predicted molar refractivity (Wildman–Crippen MR) is 53.1 cm³/mol. The number of esters is 1. The van der Waals surface area contributed by atoms with Crippen LogP contribution in [-0.4, -0.2) is 13.1 Å². The highest BCUT2D eigenvalue weighted by molar-refractivity contribution is 9.13. The summed E-state index contributed by atoms with van der Waals surface area (Å²) in [6, 6.07) is 1.15. The number of hydrogen-bond acceptors (Lipinski definition) is 2. The maximum Gasteiger partial charge on any atom is 0.341 e. The number of carbonyl (C=O) groups excluding carboxylic acids is 1. The van der Waals surface area contributed by atoms with Crippen LogP contribution in [0.4, 0.5) is 8.78 Å². The molecule has 0 aromatic heterocycles. The smallest absolute Gasteiger partial charge is 0.341 e. The summed E-state index contributed by atoms with van der Waals surface area (Å²) in [7, 11) is 1.09. The summed E-state index contributed by atoms with van der Waals surface area (Å²) in [5.74, 6) is -3.28. The van der Waals surface area contributed by atoms with Gasteiger partial charge in [0.25, 0.3) is 0 Å². The van der Waals surface area contributed by atoms with Gasteiger partial charge in [-0.15, -0.1) is 0 Å². The van der Waals surface area contributed by atoms with Crippen LogP contribution in [-0.2, 0) is 4.74 Å². The Morgan fingerprint density at radius 1 is 1.36 bits per heavy atom. The van der Waals surface area contributed by atoms with Gasteiger partial charge in [0.2, 0.25) is 0 Å². The van der Waals surface area contributed by atoms with Gasteiger partial charge >= 0.3 is 5.97 Å². The zero-order chi connectivity index (χ0) is 10.9. The van der Waals surface area contributed by atoms with Crippen LogP contribution < -0.4 is 0 Å². The molecule has 0 heterocycles. The molecule has 76 valence electrons. The van der Waals surface area contributed by atoms with Crippen molar-refractivity contribution < 1.29 is 18.3 Å². The van der Waals surface area contributed by atoms with E-state index in [9.17, 15) is 13.6 Å². The minimum absolute atomic E-state index is 0.0670. The zero-order valence-electron chi connectivity index (χ0n) is 6.91. The summed E-state index contributed by atoms with van der Waals surface area (Å²) in [6.07, 6.45) is 0. The second-order valence-corrected chi connectivity index (χ2v) is 3.99. The van der Waals surface area contributed by atoms with Gasteiger partial charge in [0, 0.05) is 4.47 Å². The minimum Gasteiger partial charge on any atom is -0.465 e. The third-order valence-electron chi connectivity index (χ3n) is 1.51. The van der Waals surface area contributed by atoms with E-state index in [0.29, 0.717) is 0 Å². The van der Waals surface area contributed by atoms with Crippen LogP contribution in [0.15, 0.2) is 15.0 Å². The molecule has 1 aromatic carbocycles. The lowest BCUT2D eigenvalue weighted by molar-refractivity contribution is 0.0594. The van der Waals surface area contributed by atoms with Crippen LogP contribution in [0.25, 0.3) is 0 Å². The van der Waals surface area contributed by atoms with Gasteiger partial charge in [-0.1, -0.05) is 0 Å². The third kappa shape index (κ3) is 1.95. The lowest BCUT2D eigenvalue weighted by Crippen LogP contribution is -2.06. The average Bonchev–Trinajstić information content (AvgIpc) is 2.19. The molecule has 0 spiro atoms. The first kappa shape index (κ1) is 11.6. The molecule has 6 heteroatoms. The van der Waals surface area contributed by atoms with Crippen LogP contribution in [0, 0.1) is 11.6 Å². The highest BCUT2D eigenvalue weighted by atomic mass is 79.9. The fraction of sp³-hybridized carbons (Fsp3) is 0.125. The van der Waals surface area contributed by atoms with Crippen molar-refractivity contribution in [2.75, 3.05) is 7.11 Å². The summed E-state index contributed by atoms with van der Waals surface area (Å²) < 4.78 is 30.7. The van der Waals surface area contributed by atoms with Crippen LogP contribution >= 0.6 is 31.9 Å². The molecule has 0 saturated carbocycles. The van der Waals surface area contributed by atoms with Gasteiger partial charge in [0.05, 0.1) is 17.1 Å². The van der Waals surface area contributed by atoms with E-state index in [2.05, 4.69) is 36.6 Å². The van der Waals surface area contributed by atoms with Crippen molar-refractivity contribution in [3.8, 4) is 0 Å². The molecular weight excluding hydrogens is 326 g/mol. The number of ether oxygens (including phenoxy) is 1. The Balaban J connectivity index is 3.40. The van der Waals surface area contributed by atoms with E-state index in [0.717, 1.165) is 13.2 Å². The van der Waals surface area contributed by atoms with Crippen molar-refractivity contribution in [2.24, 2.45) is 0 Å². The normalized spacial score (nSPS) is 10.1. The quantitative estimate of drug-likeness (QED) is 0.449. The van der Waals surface area contributed by atoms with Crippen molar-refractivity contribution in [2.45, 2.75) is 0 Å². The molecule has 0 amide bonds. The molecular formula is C8H4Br2F2O2. The number of rotatable bonds is 1. The van der Waals surface area contributed by atoms with Gasteiger partial charge in [-0.05, 0) is 37.9 Å². The van der Waals surface area contributed by atoms with Gasteiger partial charge in [-0.3, -0.25) is 0 Å². The SMILES string of the molecule is COC(=O)c1cc(Br)c(Br)c(F)c1F. The summed E-state index contributed by atoms with van der Waals surface area (Å²) >= 11 is 5.79. The molecule has 0 radical (unpaired) electrons. The molecule has 0 atom stereocenters. The second-order valence-electron chi connectivity index (χ2n) is 2.34. The van der Waals surface area contributed by atoms with E-state index >= 15 is 0 Å². The minimum atomic E-state index is -1.23. The first-order valence-electron chi connectivity index (χ1n) is 3.40. The largest absolute Gasteiger partial charge is 0.465 e. The highest BCUT2D eigenvalue weighted by Gasteiger charge is 2.20. The first-order chi connectivity index (χ1) is 6.49. The third-order valence-corrected chi connectivity index (χ3v) is 3.44. The van der Waals surface area contributed by atoms with E-state index in [4.69, 9.17) is 0 Å². The summed E-state index contributed by atoms with van der Waals surface area (Å²) in [4.78, 5) is 11.0. The Kier molecular flexibility index (Phi) is 3.60. The monoisotopic (exact) mass is 328 g/mol. The fourth-order valence-electron chi connectivity index (χ4n) is 0.831. The first-order valence-corrected chi connectivity index (χ1v) is 4.99. The van der Waals surface area contributed by atoms with Gasteiger partial charge < -0.3 is 4.74 Å². The predicted octanol–water partition coefficient (Wildman–Crippen LogP) is 3.28. The fourth-order valence-corrected chi connectivity index (χ4v) is 1.52. The van der Waals surface area contributed by atoms with E-state index in [1.165, 1.54) is 0 Å². The molecule has 0 aliphatic carbocycles. The van der Waals surface area contributed by atoms with Crippen LogP contribution in [0.1, 0.15) is 10.4 Å². The topological polar surface area (TPSA) is 26.3 Å². The number of benzene rings is 1. The number of methoxy groups -OCH3 is 1. The number of halogens is 4. The summed E-state index contributed by atoms with van der Waals surface area (Å²) in [6.45, 7) is 0. The lowest BCUT2D eigenvalue weighted by Gasteiger charge is -2.05. The molecule has 0 unspecified atom stereocenters. The standard InChI is InChI=1S/C8H4Br2F2O2/c1-14-8(13)3-2-4(9)5(10)7(12)6(3)11/h2H,1H3. The van der Waals surface area contributed by atoms with E-state index in [-0.39, 0.29) is 8.95 Å². The lowest BCUT2D eigenvalue weighted by atomic mass is 10.2. The van der Waals surface area contributed by atoms with Crippen LogP contribution in [0.5, 0.6) is 0 Å². The van der Waals surface area contributed by atoms with Crippen molar-refractivity contribution in [3.05, 3.63) is 32.2 Å². The van der Waals surface area contributed by atoms with E-state index < -0.39 is 23.2 Å². The highest BCUT2D eigenvalue weighted by Crippen LogP contribution is 2.30. The van der Waals surface area contributed by atoms with Gasteiger partial charge in [-0.2, -0.15) is 0 Å². The van der Waals surface area contributed by atoms with Crippen LogP contribution in [0.3, 0.4) is 0 Å². The average molecular weight is 330 g/mol. The Morgan fingerprint density at radius 3 is 2.43 bits per heavy atom. The number of carbonyl (C=O) groups is 1. The Morgan fingerprint density at radius 2 is 1.93 bits per heavy atom. The van der Waals surface area contributed by atoms with Gasteiger partial charge in [0.1, 0.15) is 0 Å². The molecule has 1 aromatic rings. The second kappa shape index (κ2) is 4.35. The van der Waals surface area contributed by atoms with Crippen molar-refractivity contribution >= 4 is 37.8 Å². The van der Waals surface area contributed by atoms with E-state index in [1.54, 1.807) is 0 Å². The van der Waals surface area contributed by atoms with Gasteiger partial charge in [-0.25, -0.2) is 13.6 Å². The van der Waals surface area contributed by atoms with Crippen molar-refractivity contribution in [1.29, 1.82) is 0 Å². The summed E-state index contributed by atoms with van der Waals surface area (Å²) in [5, 5.41) is 0. The van der Waals surface area contributed by atoms with Crippen molar-refractivity contribution in [1.82, 2.24) is 0 Å². The maximum absolute atomic E-state index is 13.2. The van der Waals surface area contributed by atoms with E-state index in [1.807, 2.05) is 0 Å². The molecule has 0 aliphatic heterocycles. The number of hydrogen-bond donors (Lipinski definition) is 0. The molecule has 0 fully saturated rings. The maximum atomic E-state index is 13.2. The molecule has 2 nitrogen and oxygen atoms in total. The van der Waals surface area contributed by atoms with Crippen LogP contribution in [0.2, 0.25) is 0 Å². The van der Waals surface area contributed by atoms with Gasteiger partial charge in [0.15, 0.2) is 11.6 Å². The Bertz CT molecular complexity index is 393. The molecule has 0 aliphatic rings.